The largest absolute Gasteiger partial charge is 0.490 e. The summed E-state index contributed by atoms with van der Waals surface area (Å²) in [6.45, 7) is 2.06. The number of nitrogens with zero attached hydrogens (tertiary/aromatic N) is 2. The molecule has 2 aromatic heterocycles. The third-order valence-electron chi connectivity index (χ3n) is 4.34. The van der Waals surface area contributed by atoms with Gasteiger partial charge in [0, 0.05) is 5.02 Å². The van der Waals surface area contributed by atoms with Gasteiger partial charge in [0.25, 0.3) is 15.9 Å². The second-order valence-electron chi connectivity index (χ2n) is 6.47. The van der Waals surface area contributed by atoms with Gasteiger partial charge >= 0.3 is 0 Å². The van der Waals surface area contributed by atoms with Crippen molar-refractivity contribution in [2.24, 2.45) is 0 Å². The number of hydrogen-bond donors (Lipinski definition) is 1. The number of ether oxygens (including phenoxy) is 2. The molecule has 1 N–H and O–H groups in total. The van der Waals surface area contributed by atoms with Crippen LogP contribution in [0.5, 0.6) is 11.6 Å². The van der Waals surface area contributed by atoms with Crippen LogP contribution in [0.1, 0.15) is 5.56 Å². The molecule has 0 aliphatic carbocycles. The summed E-state index contributed by atoms with van der Waals surface area (Å²) < 4.78 is 39.8. The first-order valence-electron chi connectivity index (χ1n) is 9.28. The third kappa shape index (κ3) is 4.90. The molecule has 2 aromatic carbocycles. The van der Waals surface area contributed by atoms with Gasteiger partial charge in [-0.15, -0.1) is 11.3 Å². The van der Waals surface area contributed by atoms with E-state index in [-0.39, 0.29) is 29.8 Å². The Balaban J connectivity index is 1.57. The van der Waals surface area contributed by atoms with Crippen molar-refractivity contribution in [1.29, 1.82) is 0 Å². The minimum Gasteiger partial charge on any atom is -0.490 e. The zero-order chi connectivity index (χ0) is 21.8. The van der Waals surface area contributed by atoms with Crippen LogP contribution in [-0.2, 0) is 10.0 Å². The van der Waals surface area contributed by atoms with Gasteiger partial charge in [0.2, 0.25) is 5.82 Å². The second-order valence-corrected chi connectivity index (χ2v) is 9.42. The fraction of sp³-hybridized carbons (Fsp3) is 0.143. The van der Waals surface area contributed by atoms with Gasteiger partial charge in [0.15, 0.2) is 0 Å². The number of anilines is 1. The molecule has 0 amide bonds. The van der Waals surface area contributed by atoms with Gasteiger partial charge in [-0.3, -0.25) is 4.72 Å². The van der Waals surface area contributed by atoms with Crippen molar-refractivity contribution in [3.05, 3.63) is 70.6 Å². The van der Waals surface area contributed by atoms with E-state index in [1.165, 1.54) is 17.4 Å². The van der Waals surface area contributed by atoms with Gasteiger partial charge in [-0.2, -0.15) is 4.98 Å². The maximum absolute atomic E-state index is 13.0. The maximum Gasteiger partial charge on any atom is 0.263 e. The van der Waals surface area contributed by atoms with Crippen LogP contribution >= 0.6 is 22.9 Å². The van der Waals surface area contributed by atoms with Gasteiger partial charge < -0.3 is 9.47 Å². The van der Waals surface area contributed by atoms with E-state index < -0.39 is 10.0 Å². The van der Waals surface area contributed by atoms with Crippen molar-refractivity contribution in [1.82, 2.24) is 9.97 Å². The standard InChI is InChI=1S/C21H18ClN3O4S2/c1-14-16(22)8-5-9-18(14)31(26,27)25-19-20(24-21-17(23-19)10-13-30-21)29-12-11-28-15-6-3-2-4-7-15/h2-10,13H,11-12H2,1H3,(H,23,25). The molecule has 0 radical (unpaired) electrons. The molecule has 160 valence electrons. The molecular weight excluding hydrogens is 458 g/mol. The van der Waals surface area contributed by atoms with Crippen molar-refractivity contribution in [2.45, 2.75) is 11.8 Å². The SMILES string of the molecule is Cc1c(Cl)cccc1S(=O)(=O)Nc1nc2ccsc2nc1OCCOc1ccccc1. The van der Waals surface area contributed by atoms with E-state index in [1.807, 2.05) is 35.7 Å². The number of rotatable bonds is 8. The summed E-state index contributed by atoms with van der Waals surface area (Å²) in [4.78, 5) is 9.52. The van der Waals surface area contributed by atoms with Crippen molar-refractivity contribution in [2.75, 3.05) is 17.9 Å². The van der Waals surface area contributed by atoms with Crippen molar-refractivity contribution < 1.29 is 17.9 Å². The Morgan fingerprint density at radius 3 is 2.58 bits per heavy atom. The average Bonchev–Trinajstić information content (AvgIpc) is 3.20. The number of thiophene rings is 1. The number of hydrogen-bond acceptors (Lipinski definition) is 7. The van der Waals surface area contributed by atoms with Crippen LogP contribution < -0.4 is 14.2 Å². The van der Waals surface area contributed by atoms with Crippen molar-refractivity contribution >= 4 is 49.1 Å². The molecule has 0 atom stereocenters. The molecule has 0 spiro atoms. The lowest BCUT2D eigenvalue weighted by Crippen LogP contribution is -2.18. The van der Waals surface area contributed by atoms with Crippen LogP contribution in [0.25, 0.3) is 10.3 Å². The fourth-order valence-corrected chi connectivity index (χ4v) is 5.01. The summed E-state index contributed by atoms with van der Waals surface area (Å²) in [6, 6.07) is 15.8. The summed E-state index contributed by atoms with van der Waals surface area (Å²) in [5.41, 5.74) is 1.01. The highest BCUT2D eigenvalue weighted by Crippen LogP contribution is 2.30. The molecule has 0 saturated carbocycles. The van der Waals surface area contributed by atoms with Crippen LogP contribution in [0.3, 0.4) is 0 Å². The summed E-state index contributed by atoms with van der Waals surface area (Å²) in [5, 5.41) is 2.18. The zero-order valence-corrected chi connectivity index (χ0v) is 18.8. The van der Waals surface area contributed by atoms with Gasteiger partial charge in [-0.05, 0) is 48.2 Å². The Kier molecular flexibility index (Phi) is 6.26. The monoisotopic (exact) mass is 475 g/mol. The Labute approximate surface area is 188 Å². The summed E-state index contributed by atoms with van der Waals surface area (Å²) >= 11 is 7.48. The molecule has 31 heavy (non-hydrogen) atoms. The molecular formula is C21H18ClN3O4S2. The van der Waals surface area contributed by atoms with Crippen LogP contribution in [0, 0.1) is 6.92 Å². The van der Waals surface area contributed by atoms with E-state index in [0.29, 0.717) is 26.7 Å². The number of para-hydroxylation sites is 1. The molecule has 0 aliphatic rings. The molecule has 7 nitrogen and oxygen atoms in total. The minimum absolute atomic E-state index is 0.00462. The van der Waals surface area contributed by atoms with Gasteiger partial charge in [0.1, 0.15) is 29.3 Å². The average molecular weight is 476 g/mol. The van der Waals surface area contributed by atoms with E-state index in [0.717, 1.165) is 0 Å². The first-order chi connectivity index (χ1) is 14.9. The smallest absolute Gasteiger partial charge is 0.263 e. The molecule has 0 aliphatic heterocycles. The quantitative estimate of drug-likeness (QED) is 0.364. The summed E-state index contributed by atoms with van der Waals surface area (Å²) in [6.07, 6.45) is 0. The molecule has 0 saturated heterocycles. The topological polar surface area (TPSA) is 90.4 Å². The lowest BCUT2D eigenvalue weighted by molar-refractivity contribution is 0.213. The number of aromatic nitrogens is 2. The Morgan fingerprint density at radius 2 is 1.77 bits per heavy atom. The molecule has 10 heteroatoms. The van der Waals surface area contributed by atoms with Crippen LogP contribution in [0.4, 0.5) is 5.82 Å². The Morgan fingerprint density at radius 1 is 1.00 bits per heavy atom. The Hall–Kier alpha value is -2.88. The highest BCUT2D eigenvalue weighted by atomic mass is 35.5. The lowest BCUT2D eigenvalue weighted by Gasteiger charge is -2.14. The fourth-order valence-electron chi connectivity index (χ4n) is 2.82. The van der Waals surface area contributed by atoms with Crippen LogP contribution in [0.2, 0.25) is 5.02 Å². The number of sulfonamides is 1. The van der Waals surface area contributed by atoms with Crippen LogP contribution in [-0.4, -0.2) is 31.6 Å². The van der Waals surface area contributed by atoms with Gasteiger partial charge in [-0.1, -0.05) is 35.9 Å². The molecule has 4 rings (SSSR count). The number of halogens is 1. The predicted octanol–water partition coefficient (Wildman–Crippen LogP) is 4.91. The number of benzene rings is 2. The number of fused-ring (bicyclic) bond motifs is 1. The predicted molar refractivity (Wildman–Crippen MR) is 122 cm³/mol. The zero-order valence-electron chi connectivity index (χ0n) is 16.4. The van der Waals surface area contributed by atoms with Crippen molar-refractivity contribution in [3.8, 4) is 11.6 Å². The van der Waals surface area contributed by atoms with Crippen LogP contribution in [0.15, 0.2) is 64.9 Å². The first-order valence-corrected chi connectivity index (χ1v) is 12.0. The minimum atomic E-state index is -3.96. The van der Waals surface area contributed by atoms with E-state index in [2.05, 4.69) is 14.7 Å². The number of nitrogens with one attached hydrogen (secondary N) is 1. The van der Waals surface area contributed by atoms with Crippen molar-refractivity contribution in [3.63, 3.8) is 0 Å². The molecule has 0 fully saturated rings. The van der Waals surface area contributed by atoms with E-state index in [4.69, 9.17) is 21.1 Å². The normalized spacial score (nSPS) is 11.4. The van der Waals surface area contributed by atoms with E-state index in [1.54, 1.807) is 25.1 Å². The van der Waals surface area contributed by atoms with E-state index in [9.17, 15) is 8.42 Å². The maximum atomic E-state index is 13.0. The highest BCUT2D eigenvalue weighted by molar-refractivity contribution is 7.92. The van der Waals surface area contributed by atoms with E-state index >= 15 is 0 Å². The molecule has 0 unspecified atom stereocenters. The molecule has 2 heterocycles. The molecule has 4 aromatic rings. The first kappa shape index (κ1) is 21.4. The molecule has 0 bridgehead atoms. The third-order valence-corrected chi connectivity index (χ3v) is 7.02. The Bertz CT molecular complexity index is 1310. The van der Waals surface area contributed by atoms with Gasteiger partial charge in [-0.25, -0.2) is 13.4 Å². The lowest BCUT2D eigenvalue weighted by atomic mass is 10.2. The second kappa shape index (κ2) is 9.09. The van der Waals surface area contributed by atoms with Gasteiger partial charge in [0.05, 0.1) is 4.90 Å². The summed E-state index contributed by atoms with van der Waals surface area (Å²) in [7, 11) is -3.96. The highest BCUT2D eigenvalue weighted by Gasteiger charge is 2.22. The summed E-state index contributed by atoms with van der Waals surface area (Å²) in [5.74, 6) is 0.795.